The number of anilines is 3. The van der Waals surface area contributed by atoms with E-state index in [4.69, 9.17) is 0 Å². The van der Waals surface area contributed by atoms with Gasteiger partial charge in [0, 0.05) is 37.9 Å². The molecule has 0 atom stereocenters. The molecule has 0 aliphatic carbocycles. The lowest BCUT2D eigenvalue weighted by molar-refractivity contribution is -0.116. The molecule has 3 rings (SSSR count). The lowest BCUT2D eigenvalue weighted by atomic mass is 9.99. The summed E-state index contributed by atoms with van der Waals surface area (Å²) >= 11 is 1.23. The highest BCUT2D eigenvalue weighted by Gasteiger charge is 2.15. The molecular formula is C19H22N6OS. The van der Waals surface area contributed by atoms with E-state index < -0.39 is 0 Å². The Kier molecular flexibility index (Phi) is 5.46. The van der Waals surface area contributed by atoms with Gasteiger partial charge in [0.2, 0.25) is 11.0 Å². The van der Waals surface area contributed by atoms with Gasteiger partial charge in [-0.2, -0.15) is 9.36 Å². The number of pyridine rings is 2. The lowest BCUT2D eigenvalue weighted by Crippen LogP contribution is -2.23. The van der Waals surface area contributed by atoms with Crippen LogP contribution in [0.5, 0.6) is 0 Å². The molecule has 27 heavy (non-hydrogen) atoms. The SMILES string of the molecule is CC(=O)N(C)c1cccnc1Nc1nc(-c2cc(C(C)C)c(C)cn2)ns1. The van der Waals surface area contributed by atoms with Crippen LogP contribution < -0.4 is 10.2 Å². The number of rotatable bonds is 5. The van der Waals surface area contributed by atoms with Crippen molar-refractivity contribution in [3.8, 4) is 11.5 Å². The second-order valence-corrected chi connectivity index (χ2v) is 7.33. The van der Waals surface area contributed by atoms with Gasteiger partial charge in [0.05, 0.1) is 5.69 Å². The first-order chi connectivity index (χ1) is 12.9. The zero-order valence-corrected chi connectivity index (χ0v) is 16.8. The van der Waals surface area contributed by atoms with E-state index in [1.54, 1.807) is 19.3 Å². The Labute approximate surface area is 162 Å². The van der Waals surface area contributed by atoms with Crippen LogP contribution in [0, 0.1) is 6.92 Å². The normalized spacial score (nSPS) is 10.9. The van der Waals surface area contributed by atoms with Crippen molar-refractivity contribution in [2.75, 3.05) is 17.3 Å². The standard InChI is InChI=1S/C19H22N6OS/c1-11(2)14-9-15(21-10-12(14)3)17-22-19(27-24-17)23-18-16(7-6-8-20-18)25(5)13(4)26/h6-11H,1-5H3,(H,20,22,23,24). The molecule has 1 N–H and O–H groups in total. The fraction of sp³-hybridized carbons (Fsp3) is 0.316. The Balaban J connectivity index is 1.88. The minimum absolute atomic E-state index is 0.0749. The van der Waals surface area contributed by atoms with Crippen LogP contribution in [-0.2, 0) is 4.79 Å². The second kappa shape index (κ2) is 7.79. The molecule has 0 spiro atoms. The first-order valence-corrected chi connectivity index (χ1v) is 9.41. The Morgan fingerprint density at radius 1 is 1.30 bits per heavy atom. The number of carbonyl (C=O) groups is 1. The highest BCUT2D eigenvalue weighted by molar-refractivity contribution is 7.09. The molecule has 3 aromatic rings. The van der Waals surface area contributed by atoms with Gasteiger partial charge in [0.1, 0.15) is 5.69 Å². The number of nitrogens with one attached hydrogen (secondary N) is 1. The molecular weight excluding hydrogens is 360 g/mol. The van der Waals surface area contributed by atoms with Gasteiger partial charge in [-0.3, -0.25) is 9.78 Å². The summed E-state index contributed by atoms with van der Waals surface area (Å²) in [6.45, 7) is 7.88. The molecule has 0 fully saturated rings. The van der Waals surface area contributed by atoms with Crippen molar-refractivity contribution < 1.29 is 4.79 Å². The molecule has 0 saturated carbocycles. The monoisotopic (exact) mass is 382 g/mol. The molecule has 3 heterocycles. The quantitative estimate of drug-likeness (QED) is 0.713. The summed E-state index contributed by atoms with van der Waals surface area (Å²) < 4.78 is 4.42. The summed E-state index contributed by atoms with van der Waals surface area (Å²) in [6, 6.07) is 5.66. The van der Waals surface area contributed by atoms with E-state index in [-0.39, 0.29) is 5.91 Å². The second-order valence-electron chi connectivity index (χ2n) is 6.58. The average molecular weight is 382 g/mol. The molecule has 0 aromatic carbocycles. The summed E-state index contributed by atoms with van der Waals surface area (Å²) in [5.74, 6) is 1.45. The average Bonchev–Trinajstić information content (AvgIpc) is 3.10. The van der Waals surface area contributed by atoms with Gasteiger partial charge in [-0.1, -0.05) is 13.8 Å². The highest BCUT2D eigenvalue weighted by atomic mass is 32.1. The van der Waals surface area contributed by atoms with Gasteiger partial charge in [-0.05, 0) is 42.2 Å². The molecule has 0 aliphatic rings. The van der Waals surface area contributed by atoms with E-state index in [0.29, 0.717) is 28.4 Å². The van der Waals surface area contributed by atoms with Crippen molar-refractivity contribution in [2.24, 2.45) is 0 Å². The number of carbonyl (C=O) groups excluding carboxylic acids is 1. The Morgan fingerprint density at radius 2 is 2.07 bits per heavy atom. The fourth-order valence-corrected chi connectivity index (χ4v) is 3.27. The smallest absolute Gasteiger partial charge is 0.223 e. The van der Waals surface area contributed by atoms with Crippen LogP contribution >= 0.6 is 11.5 Å². The number of hydrogen-bond donors (Lipinski definition) is 1. The molecule has 0 aliphatic heterocycles. The lowest BCUT2D eigenvalue weighted by Gasteiger charge is -2.17. The van der Waals surface area contributed by atoms with Gasteiger partial charge in [-0.15, -0.1) is 0 Å². The van der Waals surface area contributed by atoms with Gasteiger partial charge in [0.25, 0.3) is 0 Å². The molecule has 0 bridgehead atoms. The third kappa shape index (κ3) is 4.11. The predicted molar refractivity (Wildman–Crippen MR) is 109 cm³/mol. The fourth-order valence-electron chi connectivity index (χ4n) is 2.70. The maximum absolute atomic E-state index is 11.7. The van der Waals surface area contributed by atoms with Crippen LogP contribution in [0.1, 0.15) is 37.8 Å². The molecule has 7 nitrogen and oxygen atoms in total. The first-order valence-electron chi connectivity index (χ1n) is 8.63. The molecule has 1 amide bonds. The van der Waals surface area contributed by atoms with Crippen molar-refractivity contribution in [1.29, 1.82) is 0 Å². The van der Waals surface area contributed by atoms with E-state index in [9.17, 15) is 4.79 Å². The summed E-state index contributed by atoms with van der Waals surface area (Å²) in [4.78, 5) is 26.6. The van der Waals surface area contributed by atoms with Crippen LogP contribution in [0.25, 0.3) is 11.5 Å². The Hall–Kier alpha value is -2.87. The summed E-state index contributed by atoms with van der Waals surface area (Å²) in [5, 5.41) is 3.75. The van der Waals surface area contributed by atoms with E-state index in [0.717, 1.165) is 11.3 Å². The zero-order chi connectivity index (χ0) is 19.6. The van der Waals surface area contributed by atoms with Crippen molar-refractivity contribution in [2.45, 2.75) is 33.6 Å². The summed E-state index contributed by atoms with van der Waals surface area (Å²) in [6.07, 6.45) is 3.52. The minimum Gasteiger partial charge on any atom is -0.313 e. The van der Waals surface area contributed by atoms with E-state index in [1.807, 2.05) is 18.3 Å². The predicted octanol–water partition coefficient (Wildman–Crippen LogP) is 4.15. The van der Waals surface area contributed by atoms with Crippen molar-refractivity contribution in [3.63, 3.8) is 0 Å². The summed E-state index contributed by atoms with van der Waals surface area (Å²) in [7, 11) is 1.71. The third-order valence-electron chi connectivity index (χ3n) is 4.27. The minimum atomic E-state index is -0.0749. The van der Waals surface area contributed by atoms with Crippen LogP contribution in [0.3, 0.4) is 0 Å². The van der Waals surface area contributed by atoms with Gasteiger partial charge >= 0.3 is 0 Å². The molecule has 0 saturated heterocycles. The van der Waals surface area contributed by atoms with E-state index >= 15 is 0 Å². The van der Waals surface area contributed by atoms with Crippen LogP contribution in [0.4, 0.5) is 16.6 Å². The van der Waals surface area contributed by atoms with Crippen LogP contribution in [0.15, 0.2) is 30.6 Å². The first kappa shape index (κ1) is 18.9. The van der Waals surface area contributed by atoms with Crippen molar-refractivity contribution >= 4 is 34.1 Å². The topological polar surface area (TPSA) is 83.9 Å². The van der Waals surface area contributed by atoms with Gasteiger partial charge in [-0.25, -0.2) is 4.98 Å². The maximum atomic E-state index is 11.7. The largest absolute Gasteiger partial charge is 0.313 e. The van der Waals surface area contributed by atoms with E-state index in [2.05, 4.69) is 45.4 Å². The molecule has 0 unspecified atom stereocenters. The van der Waals surface area contributed by atoms with E-state index in [1.165, 1.54) is 28.9 Å². The molecule has 140 valence electrons. The molecule has 0 radical (unpaired) electrons. The molecule has 3 aromatic heterocycles. The Morgan fingerprint density at radius 3 is 2.78 bits per heavy atom. The molecule has 8 heteroatoms. The number of aryl methyl sites for hydroxylation is 1. The number of hydrogen-bond acceptors (Lipinski definition) is 7. The van der Waals surface area contributed by atoms with Crippen molar-refractivity contribution in [1.82, 2.24) is 19.3 Å². The summed E-state index contributed by atoms with van der Waals surface area (Å²) in [5.41, 5.74) is 3.82. The number of aromatic nitrogens is 4. The van der Waals surface area contributed by atoms with Gasteiger partial charge < -0.3 is 10.2 Å². The number of nitrogens with zero attached hydrogens (tertiary/aromatic N) is 5. The third-order valence-corrected chi connectivity index (χ3v) is 4.90. The van der Waals surface area contributed by atoms with Crippen molar-refractivity contribution in [3.05, 3.63) is 41.7 Å². The Bertz CT molecular complexity index is 968. The van der Waals surface area contributed by atoms with Gasteiger partial charge in [0.15, 0.2) is 11.6 Å². The number of amides is 1. The maximum Gasteiger partial charge on any atom is 0.223 e. The zero-order valence-electron chi connectivity index (χ0n) is 16.0. The van der Waals surface area contributed by atoms with Crippen LogP contribution in [-0.4, -0.2) is 32.3 Å². The highest BCUT2D eigenvalue weighted by Crippen LogP contribution is 2.29. The van der Waals surface area contributed by atoms with Crippen LogP contribution in [0.2, 0.25) is 0 Å².